The smallest absolute Gasteiger partial charge is 0.341 e. The van der Waals surface area contributed by atoms with Crippen LogP contribution >= 0.6 is 0 Å². The van der Waals surface area contributed by atoms with E-state index in [1.54, 1.807) is 10.6 Å². The van der Waals surface area contributed by atoms with Gasteiger partial charge in [-0.2, -0.15) is 0 Å². The van der Waals surface area contributed by atoms with Crippen LogP contribution in [-0.2, 0) is 6.54 Å². The van der Waals surface area contributed by atoms with Gasteiger partial charge in [-0.3, -0.25) is 9.69 Å². The van der Waals surface area contributed by atoms with Gasteiger partial charge in [0.2, 0.25) is 5.43 Å². The zero-order valence-corrected chi connectivity index (χ0v) is 17.6. The molecule has 8 heteroatoms. The summed E-state index contributed by atoms with van der Waals surface area (Å²) in [6, 6.07) is 3.45. The Labute approximate surface area is 175 Å². The number of aryl methyl sites for hydroxylation is 1. The average Bonchev–Trinajstić information content (AvgIpc) is 2.74. The number of carboxylic acids is 1. The number of piperidine rings is 1. The van der Waals surface area contributed by atoms with Crippen molar-refractivity contribution in [2.75, 3.05) is 51.2 Å². The zero-order valence-electron chi connectivity index (χ0n) is 17.6. The number of pyridine rings is 1. The van der Waals surface area contributed by atoms with Crippen LogP contribution < -0.4 is 10.3 Å². The SMILES string of the molecule is CCn1cc(C(=O)O)c(=O)c2cc(F)c(N3CCC(N4CCN(C)CC4)CC3)cc21. The standard InChI is InChI=1S/C22H29FN4O3/c1-3-25-14-17(22(29)30)21(28)16-12-18(23)20(13-19(16)25)27-6-4-15(5-7-27)26-10-8-24(2)9-11-26/h12-15H,3-11H2,1-2H3,(H,29,30). The fourth-order valence-electron chi connectivity index (χ4n) is 4.71. The van der Waals surface area contributed by atoms with E-state index in [0.717, 1.165) is 52.1 Å². The van der Waals surface area contributed by atoms with E-state index < -0.39 is 17.2 Å². The Balaban J connectivity index is 1.59. The number of nitrogens with zero attached hydrogens (tertiary/aromatic N) is 4. The number of aromatic nitrogens is 1. The number of aromatic carboxylic acids is 1. The van der Waals surface area contributed by atoms with Gasteiger partial charge in [0.15, 0.2) is 0 Å². The molecular formula is C22H29FN4O3. The van der Waals surface area contributed by atoms with E-state index in [2.05, 4.69) is 21.7 Å². The predicted octanol–water partition coefficient (Wildman–Crippen LogP) is 2.07. The molecule has 0 aliphatic carbocycles. The fourth-order valence-corrected chi connectivity index (χ4v) is 4.71. The maximum absolute atomic E-state index is 15.0. The number of carbonyl (C=O) groups is 1. The molecule has 2 saturated heterocycles. The Hall–Kier alpha value is -2.45. The molecule has 1 aromatic carbocycles. The van der Waals surface area contributed by atoms with Gasteiger partial charge in [0.1, 0.15) is 11.4 Å². The van der Waals surface area contributed by atoms with Crippen molar-refractivity contribution in [3.63, 3.8) is 0 Å². The molecule has 4 rings (SSSR count). The summed E-state index contributed by atoms with van der Waals surface area (Å²) in [5.74, 6) is -1.76. The molecule has 30 heavy (non-hydrogen) atoms. The van der Waals surface area contributed by atoms with Crippen LogP contribution in [0.5, 0.6) is 0 Å². The molecule has 0 saturated carbocycles. The number of likely N-dealkylation sites (N-methyl/N-ethyl adjacent to an activating group) is 1. The molecule has 0 bridgehead atoms. The molecule has 2 fully saturated rings. The van der Waals surface area contributed by atoms with E-state index in [9.17, 15) is 19.1 Å². The van der Waals surface area contributed by atoms with Crippen LogP contribution in [0.15, 0.2) is 23.1 Å². The molecule has 1 aromatic heterocycles. The number of hydrogen-bond acceptors (Lipinski definition) is 5. The first-order valence-corrected chi connectivity index (χ1v) is 10.7. The van der Waals surface area contributed by atoms with Crippen molar-refractivity contribution in [3.05, 3.63) is 39.9 Å². The number of benzene rings is 1. The summed E-state index contributed by atoms with van der Waals surface area (Å²) in [7, 11) is 2.15. The van der Waals surface area contributed by atoms with Gasteiger partial charge in [-0.05, 0) is 38.9 Å². The van der Waals surface area contributed by atoms with Gasteiger partial charge in [0.05, 0.1) is 11.2 Å². The molecule has 2 aliphatic rings. The third-order valence-electron chi connectivity index (χ3n) is 6.58. The lowest BCUT2D eigenvalue weighted by Crippen LogP contribution is -2.52. The van der Waals surface area contributed by atoms with Crippen molar-refractivity contribution in [1.82, 2.24) is 14.4 Å². The quantitative estimate of drug-likeness (QED) is 0.823. The number of piperazine rings is 1. The number of halogens is 1. The van der Waals surface area contributed by atoms with Crippen molar-refractivity contribution in [2.45, 2.75) is 32.4 Å². The molecule has 0 radical (unpaired) electrons. The summed E-state index contributed by atoms with van der Waals surface area (Å²) >= 11 is 0. The highest BCUT2D eigenvalue weighted by molar-refractivity contribution is 5.93. The summed E-state index contributed by atoms with van der Waals surface area (Å²) in [4.78, 5) is 30.9. The highest BCUT2D eigenvalue weighted by Crippen LogP contribution is 2.29. The third kappa shape index (κ3) is 3.81. The van der Waals surface area contributed by atoms with E-state index in [-0.39, 0.29) is 10.9 Å². The average molecular weight is 416 g/mol. The largest absolute Gasteiger partial charge is 0.477 e. The van der Waals surface area contributed by atoms with Crippen molar-refractivity contribution in [3.8, 4) is 0 Å². The second-order valence-electron chi connectivity index (χ2n) is 8.34. The molecule has 7 nitrogen and oxygen atoms in total. The first-order valence-electron chi connectivity index (χ1n) is 10.7. The van der Waals surface area contributed by atoms with E-state index >= 15 is 0 Å². The minimum absolute atomic E-state index is 0.116. The first-order chi connectivity index (χ1) is 14.4. The summed E-state index contributed by atoms with van der Waals surface area (Å²) in [6.07, 6.45) is 3.33. The molecule has 3 heterocycles. The highest BCUT2D eigenvalue weighted by atomic mass is 19.1. The van der Waals surface area contributed by atoms with Gasteiger partial charge in [-0.15, -0.1) is 0 Å². The van der Waals surface area contributed by atoms with Crippen LogP contribution in [0.2, 0.25) is 0 Å². The Morgan fingerprint density at radius 2 is 1.80 bits per heavy atom. The second-order valence-corrected chi connectivity index (χ2v) is 8.34. The van der Waals surface area contributed by atoms with Crippen LogP contribution in [0.4, 0.5) is 10.1 Å². The minimum Gasteiger partial charge on any atom is -0.477 e. The second kappa shape index (κ2) is 8.35. The lowest BCUT2D eigenvalue weighted by Gasteiger charge is -2.42. The molecule has 0 atom stereocenters. The van der Waals surface area contributed by atoms with Gasteiger partial charge in [-0.25, -0.2) is 9.18 Å². The Kier molecular flexibility index (Phi) is 5.79. The summed E-state index contributed by atoms with van der Waals surface area (Å²) in [5.41, 5.74) is 0.0972. The molecule has 162 valence electrons. The van der Waals surface area contributed by atoms with Crippen LogP contribution in [0.1, 0.15) is 30.1 Å². The Bertz CT molecular complexity index is 1010. The van der Waals surface area contributed by atoms with Gasteiger partial charge in [-0.1, -0.05) is 0 Å². The van der Waals surface area contributed by atoms with Crippen molar-refractivity contribution in [2.24, 2.45) is 0 Å². The molecule has 2 aromatic rings. The van der Waals surface area contributed by atoms with E-state index in [0.29, 0.717) is 23.8 Å². The maximum Gasteiger partial charge on any atom is 0.341 e. The van der Waals surface area contributed by atoms with Crippen LogP contribution in [0.25, 0.3) is 10.9 Å². The summed E-state index contributed by atoms with van der Waals surface area (Å²) < 4.78 is 16.7. The van der Waals surface area contributed by atoms with Crippen LogP contribution in [-0.4, -0.2) is 77.8 Å². The summed E-state index contributed by atoms with van der Waals surface area (Å²) in [6.45, 7) is 8.25. The number of hydrogen-bond donors (Lipinski definition) is 1. The number of rotatable bonds is 4. The van der Waals surface area contributed by atoms with E-state index in [4.69, 9.17) is 0 Å². The number of fused-ring (bicyclic) bond motifs is 1. The minimum atomic E-state index is -1.29. The highest BCUT2D eigenvalue weighted by Gasteiger charge is 2.28. The first kappa shape index (κ1) is 20.8. The molecule has 0 amide bonds. The van der Waals surface area contributed by atoms with Gasteiger partial charge < -0.3 is 19.5 Å². The zero-order chi connectivity index (χ0) is 21.4. The Morgan fingerprint density at radius 3 is 2.40 bits per heavy atom. The van der Waals surface area contributed by atoms with Crippen LogP contribution in [0, 0.1) is 5.82 Å². The van der Waals surface area contributed by atoms with E-state index in [1.807, 2.05) is 6.92 Å². The normalized spacial score (nSPS) is 19.5. The molecule has 0 unspecified atom stereocenters. The van der Waals surface area contributed by atoms with Gasteiger partial charge in [0.25, 0.3) is 0 Å². The van der Waals surface area contributed by atoms with Gasteiger partial charge >= 0.3 is 5.97 Å². The topological polar surface area (TPSA) is 69.0 Å². The Morgan fingerprint density at radius 1 is 1.13 bits per heavy atom. The molecule has 2 aliphatic heterocycles. The van der Waals surface area contributed by atoms with Gasteiger partial charge in [0, 0.05) is 63.4 Å². The molecular weight excluding hydrogens is 387 g/mol. The number of anilines is 1. The van der Waals surface area contributed by atoms with Crippen molar-refractivity contribution < 1.29 is 14.3 Å². The summed E-state index contributed by atoms with van der Waals surface area (Å²) in [5, 5.41) is 9.41. The van der Waals surface area contributed by atoms with E-state index in [1.165, 1.54) is 12.3 Å². The van der Waals surface area contributed by atoms with Crippen LogP contribution in [0.3, 0.4) is 0 Å². The van der Waals surface area contributed by atoms with Crippen molar-refractivity contribution in [1.29, 1.82) is 0 Å². The van der Waals surface area contributed by atoms with Crippen molar-refractivity contribution >= 4 is 22.6 Å². The molecule has 1 N–H and O–H groups in total. The number of carboxylic acid groups (broad SMARTS) is 1. The predicted molar refractivity (Wildman–Crippen MR) is 115 cm³/mol. The molecule has 0 spiro atoms. The lowest BCUT2D eigenvalue weighted by molar-refractivity contribution is 0.0695. The third-order valence-corrected chi connectivity index (χ3v) is 6.58. The lowest BCUT2D eigenvalue weighted by atomic mass is 10.0. The maximum atomic E-state index is 15.0. The monoisotopic (exact) mass is 416 g/mol. The fraction of sp³-hybridized carbons (Fsp3) is 0.545.